The highest BCUT2D eigenvalue weighted by atomic mass is 32.2. The molecule has 0 saturated carbocycles. The fourth-order valence-electron chi connectivity index (χ4n) is 3.47. The molecule has 27 heavy (non-hydrogen) atoms. The van der Waals surface area contributed by atoms with E-state index >= 15 is 0 Å². The predicted molar refractivity (Wildman–Crippen MR) is 102 cm³/mol. The second kappa shape index (κ2) is 7.75. The van der Waals surface area contributed by atoms with Gasteiger partial charge in [-0.25, -0.2) is 13.2 Å². The lowest BCUT2D eigenvalue weighted by Crippen LogP contribution is -2.61. The standard InChI is InChI=1S/C18H25N3O5S/c1-13-17(22)21(15-4-3-5-16(12-15)26-2)9-8-20(13)18(23)19-14-6-10-27(24,25)11-7-14/h3-5,12-14H,6-11H2,1-2H3,(H,19,23)/t13-/m1/s1. The zero-order valence-electron chi connectivity index (χ0n) is 15.6. The number of sulfone groups is 1. The minimum atomic E-state index is -2.98. The topological polar surface area (TPSA) is 96.0 Å². The van der Waals surface area contributed by atoms with E-state index in [-0.39, 0.29) is 29.5 Å². The van der Waals surface area contributed by atoms with E-state index in [9.17, 15) is 18.0 Å². The number of nitrogens with zero attached hydrogens (tertiary/aromatic N) is 2. The number of piperazine rings is 1. The minimum Gasteiger partial charge on any atom is -0.497 e. The molecule has 2 heterocycles. The molecule has 0 aliphatic carbocycles. The molecule has 2 fully saturated rings. The first-order valence-electron chi connectivity index (χ1n) is 9.04. The molecule has 0 unspecified atom stereocenters. The van der Waals surface area contributed by atoms with Crippen molar-refractivity contribution in [2.24, 2.45) is 0 Å². The number of carbonyl (C=O) groups is 2. The van der Waals surface area contributed by atoms with Crippen LogP contribution >= 0.6 is 0 Å². The van der Waals surface area contributed by atoms with Crippen molar-refractivity contribution >= 4 is 27.5 Å². The quantitative estimate of drug-likeness (QED) is 0.824. The number of carbonyl (C=O) groups excluding carboxylic acids is 2. The molecular formula is C18H25N3O5S. The summed E-state index contributed by atoms with van der Waals surface area (Å²) in [6, 6.07) is 6.18. The molecule has 1 N–H and O–H groups in total. The second-order valence-corrected chi connectivity index (χ2v) is 9.24. The Hall–Kier alpha value is -2.29. The lowest BCUT2D eigenvalue weighted by atomic mass is 10.1. The second-order valence-electron chi connectivity index (χ2n) is 6.94. The molecule has 0 radical (unpaired) electrons. The van der Waals surface area contributed by atoms with E-state index < -0.39 is 15.9 Å². The molecule has 3 rings (SSSR count). The van der Waals surface area contributed by atoms with Crippen LogP contribution in [0.5, 0.6) is 5.75 Å². The summed E-state index contributed by atoms with van der Waals surface area (Å²) in [5.74, 6) is 0.697. The highest BCUT2D eigenvalue weighted by molar-refractivity contribution is 7.91. The SMILES string of the molecule is COc1cccc(N2CCN(C(=O)NC3CCS(=O)(=O)CC3)[C@H](C)C2=O)c1. The van der Waals surface area contributed by atoms with Gasteiger partial charge in [-0.2, -0.15) is 0 Å². The molecule has 2 aliphatic rings. The van der Waals surface area contributed by atoms with Crippen LogP contribution < -0.4 is 15.0 Å². The summed E-state index contributed by atoms with van der Waals surface area (Å²) in [6.07, 6.45) is 0.834. The average molecular weight is 395 g/mol. The van der Waals surface area contributed by atoms with Crippen LogP contribution in [0.4, 0.5) is 10.5 Å². The van der Waals surface area contributed by atoms with E-state index in [4.69, 9.17) is 4.74 Å². The minimum absolute atomic E-state index is 0.0933. The third-order valence-corrected chi connectivity index (χ3v) is 6.88. The Bertz CT molecular complexity index is 812. The molecule has 3 amide bonds. The number of hydrogen-bond donors (Lipinski definition) is 1. The van der Waals surface area contributed by atoms with E-state index in [0.29, 0.717) is 31.7 Å². The van der Waals surface area contributed by atoms with Gasteiger partial charge in [0.2, 0.25) is 5.91 Å². The molecule has 2 aliphatic heterocycles. The van der Waals surface area contributed by atoms with Gasteiger partial charge in [-0.15, -0.1) is 0 Å². The van der Waals surface area contributed by atoms with E-state index in [2.05, 4.69) is 5.32 Å². The fourth-order valence-corrected chi connectivity index (χ4v) is 4.97. The van der Waals surface area contributed by atoms with Gasteiger partial charge in [0.25, 0.3) is 0 Å². The van der Waals surface area contributed by atoms with Crippen LogP contribution in [0, 0.1) is 0 Å². The van der Waals surface area contributed by atoms with Gasteiger partial charge in [-0.1, -0.05) is 6.07 Å². The molecule has 8 nitrogen and oxygen atoms in total. The highest BCUT2D eigenvalue weighted by Gasteiger charge is 2.36. The number of hydrogen-bond acceptors (Lipinski definition) is 5. The molecule has 148 valence electrons. The van der Waals surface area contributed by atoms with Gasteiger partial charge >= 0.3 is 6.03 Å². The summed E-state index contributed by atoms with van der Waals surface area (Å²) >= 11 is 0. The lowest BCUT2D eigenvalue weighted by molar-refractivity contribution is -0.124. The maximum atomic E-state index is 12.8. The molecule has 0 bridgehead atoms. The predicted octanol–water partition coefficient (Wildman–Crippen LogP) is 1.02. The Morgan fingerprint density at radius 1 is 1.22 bits per heavy atom. The third-order valence-electron chi connectivity index (χ3n) is 5.16. The maximum Gasteiger partial charge on any atom is 0.318 e. The Morgan fingerprint density at radius 2 is 1.93 bits per heavy atom. The lowest BCUT2D eigenvalue weighted by Gasteiger charge is -2.39. The van der Waals surface area contributed by atoms with Crippen molar-refractivity contribution in [1.29, 1.82) is 0 Å². The number of ether oxygens (including phenoxy) is 1. The summed E-state index contributed by atoms with van der Waals surface area (Å²) in [4.78, 5) is 28.6. The Kier molecular flexibility index (Phi) is 5.59. The smallest absolute Gasteiger partial charge is 0.318 e. The number of urea groups is 1. The van der Waals surface area contributed by atoms with Crippen LogP contribution in [0.15, 0.2) is 24.3 Å². The van der Waals surface area contributed by atoms with Crippen molar-refractivity contribution in [3.8, 4) is 5.75 Å². The number of anilines is 1. The first kappa shape index (κ1) is 19.5. The zero-order valence-corrected chi connectivity index (χ0v) is 16.4. The van der Waals surface area contributed by atoms with Gasteiger partial charge in [0.1, 0.15) is 21.6 Å². The van der Waals surface area contributed by atoms with Crippen molar-refractivity contribution in [2.45, 2.75) is 31.8 Å². The Balaban J connectivity index is 1.63. The van der Waals surface area contributed by atoms with Crippen LogP contribution in [0.25, 0.3) is 0 Å². The molecular weight excluding hydrogens is 370 g/mol. The van der Waals surface area contributed by atoms with Gasteiger partial charge in [0.05, 0.1) is 18.6 Å². The third kappa shape index (κ3) is 4.35. The van der Waals surface area contributed by atoms with Gasteiger partial charge in [0, 0.05) is 30.9 Å². The van der Waals surface area contributed by atoms with E-state index in [1.807, 2.05) is 18.2 Å². The average Bonchev–Trinajstić information content (AvgIpc) is 2.65. The highest BCUT2D eigenvalue weighted by Crippen LogP contribution is 2.24. The Morgan fingerprint density at radius 3 is 2.59 bits per heavy atom. The molecule has 9 heteroatoms. The summed E-state index contributed by atoms with van der Waals surface area (Å²) < 4.78 is 28.2. The van der Waals surface area contributed by atoms with Crippen LogP contribution in [-0.2, 0) is 14.6 Å². The van der Waals surface area contributed by atoms with Crippen molar-refractivity contribution in [3.63, 3.8) is 0 Å². The van der Waals surface area contributed by atoms with Crippen LogP contribution in [0.2, 0.25) is 0 Å². The molecule has 1 aromatic carbocycles. The van der Waals surface area contributed by atoms with Crippen molar-refractivity contribution < 1.29 is 22.7 Å². The van der Waals surface area contributed by atoms with Crippen LogP contribution in [-0.4, -0.2) is 69.0 Å². The van der Waals surface area contributed by atoms with Crippen LogP contribution in [0.3, 0.4) is 0 Å². The molecule has 2 saturated heterocycles. The fraction of sp³-hybridized carbons (Fsp3) is 0.556. The Labute approximate surface area is 159 Å². The number of nitrogens with one attached hydrogen (secondary N) is 1. The van der Waals surface area contributed by atoms with E-state index in [1.54, 1.807) is 25.0 Å². The molecule has 0 spiro atoms. The monoisotopic (exact) mass is 395 g/mol. The maximum absolute atomic E-state index is 12.8. The van der Waals surface area contributed by atoms with Gasteiger partial charge in [0.15, 0.2) is 0 Å². The molecule has 1 aromatic rings. The zero-order chi connectivity index (χ0) is 19.6. The molecule has 0 aromatic heterocycles. The van der Waals surface area contributed by atoms with Crippen LogP contribution in [0.1, 0.15) is 19.8 Å². The summed E-state index contributed by atoms with van der Waals surface area (Å²) in [6.45, 7) is 2.50. The normalized spacial score (nSPS) is 23.2. The van der Waals surface area contributed by atoms with E-state index in [0.717, 1.165) is 5.69 Å². The molecule has 1 atom stereocenters. The van der Waals surface area contributed by atoms with Gasteiger partial charge in [-0.05, 0) is 31.9 Å². The summed E-state index contributed by atoms with van der Waals surface area (Å²) in [7, 11) is -1.40. The number of rotatable bonds is 3. The largest absolute Gasteiger partial charge is 0.497 e. The number of benzene rings is 1. The first-order valence-corrected chi connectivity index (χ1v) is 10.9. The summed E-state index contributed by atoms with van der Waals surface area (Å²) in [5, 5.41) is 2.88. The van der Waals surface area contributed by atoms with Crippen molar-refractivity contribution in [2.75, 3.05) is 36.6 Å². The van der Waals surface area contributed by atoms with Gasteiger partial charge < -0.3 is 19.9 Å². The van der Waals surface area contributed by atoms with Crippen molar-refractivity contribution in [3.05, 3.63) is 24.3 Å². The number of methoxy groups -OCH3 is 1. The van der Waals surface area contributed by atoms with Gasteiger partial charge in [-0.3, -0.25) is 4.79 Å². The van der Waals surface area contributed by atoms with E-state index in [1.165, 1.54) is 4.90 Å². The first-order chi connectivity index (χ1) is 12.8. The number of amides is 3. The van der Waals surface area contributed by atoms with Crippen molar-refractivity contribution in [1.82, 2.24) is 10.2 Å². The summed E-state index contributed by atoms with van der Waals surface area (Å²) in [5.41, 5.74) is 0.740.